The molecule has 1 aliphatic carbocycles. The van der Waals surface area contributed by atoms with Crippen molar-refractivity contribution in [2.24, 2.45) is 11.8 Å². The monoisotopic (exact) mass is 418 g/mol. The molecule has 1 saturated carbocycles. The standard InChI is InChI=1S/C22H24Cl2N2O2/c23-19-10-3-1-8-17(19)21(27)25-13-15-6-5-7-16(12-15)14-26-22(28)18-9-2-4-11-20(18)24/h1-4,8-11,15-16H,5-7,12-14H2,(H,25,27)(H,26,28)/t15-,16+. The van der Waals surface area contributed by atoms with E-state index in [9.17, 15) is 9.59 Å². The van der Waals surface area contributed by atoms with Gasteiger partial charge in [0.05, 0.1) is 21.2 Å². The molecule has 4 nitrogen and oxygen atoms in total. The molecule has 2 aromatic rings. The van der Waals surface area contributed by atoms with Crippen molar-refractivity contribution in [3.63, 3.8) is 0 Å². The van der Waals surface area contributed by atoms with E-state index in [1.54, 1.807) is 36.4 Å². The van der Waals surface area contributed by atoms with Gasteiger partial charge in [0.25, 0.3) is 11.8 Å². The van der Waals surface area contributed by atoms with E-state index in [0.717, 1.165) is 25.7 Å². The number of nitrogens with one attached hydrogen (secondary N) is 2. The van der Waals surface area contributed by atoms with Crippen molar-refractivity contribution >= 4 is 35.0 Å². The lowest BCUT2D eigenvalue weighted by Crippen LogP contribution is -2.35. The van der Waals surface area contributed by atoms with Crippen LogP contribution < -0.4 is 10.6 Å². The molecule has 0 aromatic heterocycles. The van der Waals surface area contributed by atoms with Crippen molar-refractivity contribution < 1.29 is 9.59 Å². The second-order valence-corrected chi connectivity index (χ2v) is 8.09. The fraction of sp³-hybridized carbons (Fsp3) is 0.364. The number of carbonyl (C=O) groups excluding carboxylic acids is 2. The Kier molecular flexibility index (Phi) is 7.35. The van der Waals surface area contributed by atoms with E-state index in [1.807, 2.05) is 12.1 Å². The highest BCUT2D eigenvalue weighted by Gasteiger charge is 2.23. The lowest BCUT2D eigenvalue weighted by molar-refractivity contribution is 0.0935. The topological polar surface area (TPSA) is 58.2 Å². The molecule has 2 atom stereocenters. The molecule has 2 amide bonds. The van der Waals surface area contributed by atoms with E-state index < -0.39 is 0 Å². The Balaban J connectivity index is 1.46. The first-order valence-corrected chi connectivity index (χ1v) is 10.4. The highest BCUT2D eigenvalue weighted by Crippen LogP contribution is 2.28. The lowest BCUT2D eigenvalue weighted by Gasteiger charge is -2.29. The van der Waals surface area contributed by atoms with Gasteiger partial charge in [-0.3, -0.25) is 9.59 Å². The molecule has 1 fully saturated rings. The Morgan fingerprint density at radius 1 is 0.786 bits per heavy atom. The van der Waals surface area contributed by atoms with Gasteiger partial charge in [0, 0.05) is 13.1 Å². The number of rotatable bonds is 6. The van der Waals surface area contributed by atoms with E-state index in [-0.39, 0.29) is 11.8 Å². The van der Waals surface area contributed by atoms with Crippen LogP contribution in [0, 0.1) is 11.8 Å². The summed E-state index contributed by atoms with van der Waals surface area (Å²) < 4.78 is 0. The van der Waals surface area contributed by atoms with Gasteiger partial charge in [-0.25, -0.2) is 0 Å². The molecule has 148 valence electrons. The van der Waals surface area contributed by atoms with Gasteiger partial charge in [-0.05, 0) is 55.4 Å². The Morgan fingerprint density at radius 2 is 1.21 bits per heavy atom. The predicted molar refractivity (Wildman–Crippen MR) is 113 cm³/mol. The van der Waals surface area contributed by atoms with Crippen LogP contribution in [0.15, 0.2) is 48.5 Å². The van der Waals surface area contributed by atoms with Crippen LogP contribution in [0.5, 0.6) is 0 Å². The first-order valence-electron chi connectivity index (χ1n) is 9.60. The van der Waals surface area contributed by atoms with Crippen molar-refractivity contribution in [1.82, 2.24) is 10.6 Å². The van der Waals surface area contributed by atoms with Crippen LogP contribution in [-0.2, 0) is 0 Å². The molecule has 2 N–H and O–H groups in total. The summed E-state index contributed by atoms with van der Waals surface area (Å²) in [4.78, 5) is 24.7. The van der Waals surface area contributed by atoms with E-state index >= 15 is 0 Å². The summed E-state index contributed by atoms with van der Waals surface area (Å²) in [6.07, 6.45) is 4.24. The van der Waals surface area contributed by atoms with Crippen molar-refractivity contribution in [2.75, 3.05) is 13.1 Å². The number of hydrogen-bond donors (Lipinski definition) is 2. The molecule has 0 bridgehead atoms. The average Bonchev–Trinajstić information content (AvgIpc) is 2.71. The first-order chi connectivity index (χ1) is 13.5. The summed E-state index contributed by atoms with van der Waals surface area (Å²) >= 11 is 12.2. The van der Waals surface area contributed by atoms with Crippen LogP contribution in [0.1, 0.15) is 46.4 Å². The van der Waals surface area contributed by atoms with Gasteiger partial charge in [-0.1, -0.05) is 53.9 Å². The highest BCUT2D eigenvalue weighted by atomic mass is 35.5. The molecule has 0 unspecified atom stereocenters. The van der Waals surface area contributed by atoms with Gasteiger partial charge in [-0.2, -0.15) is 0 Å². The van der Waals surface area contributed by atoms with Crippen molar-refractivity contribution in [3.8, 4) is 0 Å². The van der Waals surface area contributed by atoms with Crippen LogP contribution in [0.3, 0.4) is 0 Å². The van der Waals surface area contributed by atoms with Crippen LogP contribution >= 0.6 is 23.2 Å². The first kappa shape index (κ1) is 20.7. The summed E-state index contributed by atoms with van der Waals surface area (Å²) in [5.74, 6) is 0.532. The Morgan fingerprint density at radius 3 is 1.64 bits per heavy atom. The Bertz CT molecular complexity index is 773. The summed E-state index contributed by atoms with van der Waals surface area (Å²) in [5.41, 5.74) is 1.01. The van der Waals surface area contributed by atoms with Crippen LogP contribution in [-0.4, -0.2) is 24.9 Å². The Hall–Kier alpha value is -2.04. The maximum Gasteiger partial charge on any atom is 0.252 e. The van der Waals surface area contributed by atoms with Crippen molar-refractivity contribution in [3.05, 3.63) is 69.7 Å². The predicted octanol–water partition coefficient (Wildman–Crippen LogP) is 4.96. The maximum absolute atomic E-state index is 12.3. The van der Waals surface area contributed by atoms with Crippen molar-refractivity contribution in [1.29, 1.82) is 0 Å². The van der Waals surface area contributed by atoms with Gasteiger partial charge in [0.1, 0.15) is 0 Å². The van der Waals surface area contributed by atoms with E-state index in [2.05, 4.69) is 10.6 Å². The molecule has 2 aromatic carbocycles. The fourth-order valence-electron chi connectivity index (χ4n) is 3.73. The molecule has 3 rings (SSSR count). The third-order valence-electron chi connectivity index (χ3n) is 5.23. The molecular formula is C22H24Cl2N2O2. The zero-order valence-corrected chi connectivity index (χ0v) is 17.1. The largest absolute Gasteiger partial charge is 0.352 e. The molecule has 28 heavy (non-hydrogen) atoms. The average molecular weight is 419 g/mol. The quantitative estimate of drug-likeness (QED) is 0.696. The number of hydrogen-bond acceptors (Lipinski definition) is 2. The summed E-state index contributed by atoms with van der Waals surface area (Å²) in [6.45, 7) is 1.25. The summed E-state index contributed by atoms with van der Waals surface area (Å²) in [6, 6.07) is 14.1. The van der Waals surface area contributed by atoms with Crippen LogP contribution in [0.4, 0.5) is 0 Å². The molecule has 0 heterocycles. The highest BCUT2D eigenvalue weighted by molar-refractivity contribution is 6.34. The summed E-state index contributed by atoms with van der Waals surface area (Å²) in [7, 11) is 0. The third-order valence-corrected chi connectivity index (χ3v) is 5.89. The number of halogens is 2. The van der Waals surface area contributed by atoms with Gasteiger partial charge < -0.3 is 10.6 Å². The van der Waals surface area contributed by atoms with E-state index in [1.165, 1.54) is 0 Å². The minimum absolute atomic E-state index is 0.139. The molecule has 1 aliphatic rings. The third kappa shape index (κ3) is 5.49. The zero-order chi connectivity index (χ0) is 19.9. The Labute approximate surface area is 175 Å². The lowest BCUT2D eigenvalue weighted by atomic mass is 9.81. The smallest absolute Gasteiger partial charge is 0.252 e. The molecule has 6 heteroatoms. The second kappa shape index (κ2) is 9.94. The molecule has 0 aliphatic heterocycles. The fourth-order valence-corrected chi connectivity index (χ4v) is 4.17. The SMILES string of the molecule is O=C(NC[C@H]1CCC[C@@H](CNC(=O)c2ccccc2Cl)C1)c1ccccc1Cl. The molecular weight excluding hydrogens is 395 g/mol. The van der Waals surface area contributed by atoms with Crippen LogP contribution in [0.25, 0.3) is 0 Å². The van der Waals surface area contributed by atoms with E-state index in [0.29, 0.717) is 46.1 Å². The molecule has 0 spiro atoms. The minimum atomic E-state index is -0.139. The van der Waals surface area contributed by atoms with Gasteiger partial charge in [-0.15, -0.1) is 0 Å². The van der Waals surface area contributed by atoms with E-state index in [4.69, 9.17) is 23.2 Å². The normalized spacial score (nSPS) is 19.1. The van der Waals surface area contributed by atoms with Gasteiger partial charge >= 0.3 is 0 Å². The minimum Gasteiger partial charge on any atom is -0.352 e. The van der Waals surface area contributed by atoms with Gasteiger partial charge in [0.15, 0.2) is 0 Å². The van der Waals surface area contributed by atoms with Gasteiger partial charge in [0.2, 0.25) is 0 Å². The second-order valence-electron chi connectivity index (χ2n) is 7.28. The molecule has 0 saturated heterocycles. The molecule has 0 radical (unpaired) electrons. The number of amides is 2. The zero-order valence-electron chi connectivity index (χ0n) is 15.6. The van der Waals surface area contributed by atoms with Crippen LogP contribution in [0.2, 0.25) is 10.0 Å². The number of benzene rings is 2. The maximum atomic E-state index is 12.3. The summed E-state index contributed by atoms with van der Waals surface area (Å²) in [5, 5.41) is 6.92. The van der Waals surface area contributed by atoms with Crippen molar-refractivity contribution in [2.45, 2.75) is 25.7 Å². The number of carbonyl (C=O) groups is 2.